The average molecular weight is 302 g/mol. The Bertz CT molecular complexity index is 661. The number of H-pyrrole nitrogens is 1. The zero-order chi connectivity index (χ0) is 15.9. The molecule has 1 amide bonds. The van der Waals surface area contributed by atoms with Crippen molar-refractivity contribution < 1.29 is 14.3 Å². The molecule has 1 aromatic heterocycles. The van der Waals surface area contributed by atoms with Crippen LogP contribution < -0.4 is 5.32 Å². The van der Waals surface area contributed by atoms with Gasteiger partial charge >= 0.3 is 5.97 Å². The van der Waals surface area contributed by atoms with Gasteiger partial charge in [0, 0.05) is 23.9 Å². The molecule has 2 aromatic rings. The van der Waals surface area contributed by atoms with E-state index in [1.165, 1.54) is 7.11 Å². The number of fused-ring (bicyclic) bond motifs is 1. The highest BCUT2D eigenvalue weighted by Gasteiger charge is 2.13. The van der Waals surface area contributed by atoms with Gasteiger partial charge in [-0.3, -0.25) is 9.59 Å². The second-order valence-corrected chi connectivity index (χ2v) is 5.31. The van der Waals surface area contributed by atoms with Gasteiger partial charge in [0.15, 0.2) is 0 Å². The minimum absolute atomic E-state index is 0.0818. The average Bonchev–Trinajstić information content (AvgIpc) is 2.87. The number of aromatic amines is 1. The number of para-hydroxylation sites is 1. The summed E-state index contributed by atoms with van der Waals surface area (Å²) in [7, 11) is 1.39. The molecular formula is C17H22N2O3. The van der Waals surface area contributed by atoms with Crippen molar-refractivity contribution in [3.8, 4) is 0 Å². The highest BCUT2D eigenvalue weighted by molar-refractivity contribution is 6.00. The fourth-order valence-corrected chi connectivity index (χ4v) is 2.47. The summed E-state index contributed by atoms with van der Waals surface area (Å²) in [5.74, 6) is -0.264. The van der Waals surface area contributed by atoms with Gasteiger partial charge in [0.2, 0.25) is 0 Å². The van der Waals surface area contributed by atoms with E-state index in [1.807, 2.05) is 31.2 Å². The number of nitrogens with one attached hydrogen (secondary N) is 2. The predicted octanol–water partition coefficient (Wildman–Crippen LogP) is 2.94. The van der Waals surface area contributed by atoms with E-state index in [-0.39, 0.29) is 11.9 Å². The molecular weight excluding hydrogens is 280 g/mol. The van der Waals surface area contributed by atoms with E-state index in [0.717, 1.165) is 35.7 Å². The van der Waals surface area contributed by atoms with E-state index in [4.69, 9.17) is 0 Å². The number of esters is 1. The number of unbranched alkanes of at least 4 members (excludes halogenated alkanes) is 2. The van der Waals surface area contributed by atoms with Crippen LogP contribution in [0.3, 0.4) is 0 Å². The van der Waals surface area contributed by atoms with Crippen LogP contribution in [0, 0.1) is 6.92 Å². The lowest BCUT2D eigenvalue weighted by Crippen LogP contribution is -2.25. The van der Waals surface area contributed by atoms with E-state index >= 15 is 0 Å². The van der Waals surface area contributed by atoms with Crippen molar-refractivity contribution in [1.29, 1.82) is 0 Å². The minimum atomic E-state index is -0.183. The lowest BCUT2D eigenvalue weighted by molar-refractivity contribution is -0.140. The number of ether oxygens (including phenoxy) is 1. The van der Waals surface area contributed by atoms with Crippen LogP contribution in [0.2, 0.25) is 0 Å². The van der Waals surface area contributed by atoms with Gasteiger partial charge in [0.1, 0.15) is 5.69 Å². The van der Waals surface area contributed by atoms with Crippen molar-refractivity contribution in [2.75, 3.05) is 13.7 Å². The van der Waals surface area contributed by atoms with E-state index in [1.54, 1.807) is 0 Å². The van der Waals surface area contributed by atoms with Crippen LogP contribution in [0.25, 0.3) is 10.9 Å². The third-order valence-electron chi connectivity index (χ3n) is 3.76. The summed E-state index contributed by atoms with van der Waals surface area (Å²) in [6, 6.07) is 7.88. The summed E-state index contributed by atoms with van der Waals surface area (Å²) in [4.78, 5) is 26.3. The van der Waals surface area contributed by atoms with Crippen molar-refractivity contribution in [1.82, 2.24) is 10.3 Å². The largest absolute Gasteiger partial charge is 0.469 e. The number of methoxy groups -OCH3 is 1. The van der Waals surface area contributed by atoms with E-state index in [0.29, 0.717) is 18.7 Å². The molecule has 0 saturated carbocycles. The molecule has 0 aliphatic carbocycles. The van der Waals surface area contributed by atoms with Crippen molar-refractivity contribution >= 4 is 22.8 Å². The molecule has 5 heteroatoms. The standard InChI is InChI=1S/C17H22N2O3/c1-12-13-8-5-6-9-14(13)19-16(12)17(21)18-11-7-3-4-10-15(20)22-2/h5-6,8-9,19H,3-4,7,10-11H2,1-2H3,(H,18,21). The Morgan fingerprint density at radius 1 is 1.18 bits per heavy atom. The van der Waals surface area contributed by atoms with Crippen molar-refractivity contribution in [2.45, 2.75) is 32.6 Å². The lowest BCUT2D eigenvalue weighted by Gasteiger charge is -2.04. The minimum Gasteiger partial charge on any atom is -0.469 e. The Balaban J connectivity index is 1.79. The number of carbonyl (C=O) groups is 2. The Kier molecular flexibility index (Phi) is 5.58. The van der Waals surface area contributed by atoms with Crippen molar-refractivity contribution in [3.05, 3.63) is 35.5 Å². The van der Waals surface area contributed by atoms with Gasteiger partial charge in [-0.05, 0) is 31.4 Å². The Morgan fingerprint density at radius 3 is 2.68 bits per heavy atom. The van der Waals surface area contributed by atoms with Gasteiger partial charge in [0.25, 0.3) is 5.91 Å². The van der Waals surface area contributed by atoms with Crippen LogP contribution >= 0.6 is 0 Å². The molecule has 2 N–H and O–H groups in total. The quantitative estimate of drug-likeness (QED) is 0.610. The number of rotatable bonds is 7. The second kappa shape index (κ2) is 7.64. The Hall–Kier alpha value is -2.30. The monoisotopic (exact) mass is 302 g/mol. The maximum Gasteiger partial charge on any atom is 0.305 e. The Morgan fingerprint density at radius 2 is 1.95 bits per heavy atom. The summed E-state index contributed by atoms with van der Waals surface area (Å²) in [6.45, 7) is 2.55. The maximum absolute atomic E-state index is 12.2. The third kappa shape index (κ3) is 3.87. The molecule has 0 unspecified atom stereocenters. The van der Waals surface area contributed by atoms with Gasteiger partial charge < -0.3 is 15.0 Å². The van der Waals surface area contributed by atoms with Crippen LogP contribution in [-0.4, -0.2) is 30.5 Å². The smallest absolute Gasteiger partial charge is 0.305 e. The number of aromatic nitrogens is 1. The van der Waals surface area contributed by atoms with Crippen LogP contribution in [0.5, 0.6) is 0 Å². The predicted molar refractivity (Wildman–Crippen MR) is 85.9 cm³/mol. The van der Waals surface area contributed by atoms with E-state index in [2.05, 4.69) is 15.0 Å². The van der Waals surface area contributed by atoms with Gasteiger partial charge in [-0.2, -0.15) is 0 Å². The first-order valence-electron chi connectivity index (χ1n) is 7.56. The van der Waals surface area contributed by atoms with E-state index < -0.39 is 0 Å². The summed E-state index contributed by atoms with van der Waals surface area (Å²) in [6.07, 6.45) is 2.96. The number of hydrogen-bond donors (Lipinski definition) is 2. The molecule has 0 atom stereocenters. The Labute approximate surface area is 130 Å². The maximum atomic E-state index is 12.2. The second-order valence-electron chi connectivity index (χ2n) is 5.31. The lowest BCUT2D eigenvalue weighted by atomic mass is 10.1. The molecule has 1 heterocycles. The first-order valence-corrected chi connectivity index (χ1v) is 7.56. The molecule has 0 radical (unpaired) electrons. The first-order chi connectivity index (χ1) is 10.6. The fourth-order valence-electron chi connectivity index (χ4n) is 2.47. The highest BCUT2D eigenvalue weighted by atomic mass is 16.5. The highest BCUT2D eigenvalue weighted by Crippen LogP contribution is 2.21. The molecule has 118 valence electrons. The van der Waals surface area contributed by atoms with Gasteiger partial charge in [0.05, 0.1) is 7.11 Å². The third-order valence-corrected chi connectivity index (χ3v) is 3.76. The summed E-state index contributed by atoms with van der Waals surface area (Å²) >= 11 is 0. The number of hydrogen-bond acceptors (Lipinski definition) is 3. The van der Waals surface area contributed by atoms with Crippen LogP contribution in [0.1, 0.15) is 41.7 Å². The molecule has 5 nitrogen and oxygen atoms in total. The number of aryl methyl sites for hydroxylation is 1. The molecule has 22 heavy (non-hydrogen) atoms. The zero-order valence-electron chi connectivity index (χ0n) is 13.1. The SMILES string of the molecule is COC(=O)CCCCCNC(=O)c1[nH]c2ccccc2c1C. The van der Waals surface area contributed by atoms with Crippen molar-refractivity contribution in [3.63, 3.8) is 0 Å². The normalized spacial score (nSPS) is 10.6. The first kappa shape index (κ1) is 16.1. The molecule has 1 aromatic carbocycles. The zero-order valence-corrected chi connectivity index (χ0v) is 13.1. The molecule has 0 saturated heterocycles. The molecule has 0 aliphatic rings. The van der Waals surface area contributed by atoms with Crippen LogP contribution in [0.4, 0.5) is 0 Å². The number of amides is 1. The molecule has 2 rings (SSSR count). The summed E-state index contributed by atoms with van der Waals surface area (Å²) in [5, 5.41) is 3.99. The topological polar surface area (TPSA) is 71.2 Å². The molecule has 0 bridgehead atoms. The van der Waals surface area contributed by atoms with Crippen LogP contribution in [0.15, 0.2) is 24.3 Å². The number of carbonyl (C=O) groups excluding carboxylic acids is 2. The molecule has 0 aliphatic heterocycles. The van der Waals surface area contributed by atoms with Gasteiger partial charge in [-0.15, -0.1) is 0 Å². The summed E-state index contributed by atoms with van der Waals surface area (Å²) < 4.78 is 4.58. The molecule has 0 fully saturated rings. The van der Waals surface area contributed by atoms with E-state index in [9.17, 15) is 9.59 Å². The fraction of sp³-hybridized carbons (Fsp3) is 0.412. The van der Waals surface area contributed by atoms with Gasteiger partial charge in [-0.1, -0.05) is 24.6 Å². The van der Waals surface area contributed by atoms with Crippen molar-refractivity contribution in [2.24, 2.45) is 0 Å². The van der Waals surface area contributed by atoms with Gasteiger partial charge in [-0.25, -0.2) is 0 Å². The number of benzene rings is 1. The summed E-state index contributed by atoms with van der Waals surface area (Å²) in [5.41, 5.74) is 2.57. The van der Waals surface area contributed by atoms with Crippen LogP contribution in [-0.2, 0) is 9.53 Å². The molecule has 0 spiro atoms.